The minimum Gasteiger partial charge on any atom is -0.323 e. The molecular weight excluding hydrogens is 584 g/mol. The van der Waals surface area contributed by atoms with Crippen LogP contribution in [0.15, 0.2) is 108 Å². The standard InChI is InChI=1S/C31H24Cl2FN3O3S/c1-19(29(38)36-27-10-6-5-9-26(27)34)41-24-15-13-23(14-16-24)35-31(40)28(17-21-11-12-22(32)18-25(21)33)37-30(39)20-7-3-2-4-8-20/h2-19H,1H3,(H,35,40)(H,36,38)(H,37,39)/b28-17-. The van der Waals surface area contributed by atoms with Gasteiger partial charge < -0.3 is 16.0 Å². The molecule has 41 heavy (non-hydrogen) atoms. The molecule has 0 bridgehead atoms. The second-order valence-electron chi connectivity index (χ2n) is 8.75. The summed E-state index contributed by atoms with van der Waals surface area (Å²) in [5, 5.41) is 8.25. The molecule has 3 N–H and O–H groups in total. The van der Waals surface area contributed by atoms with Crippen LogP contribution >= 0.6 is 35.0 Å². The van der Waals surface area contributed by atoms with Gasteiger partial charge in [0.2, 0.25) is 5.91 Å². The van der Waals surface area contributed by atoms with Gasteiger partial charge >= 0.3 is 0 Å². The van der Waals surface area contributed by atoms with Crippen molar-refractivity contribution in [1.82, 2.24) is 5.32 Å². The first-order valence-corrected chi connectivity index (χ1v) is 14.0. The quantitative estimate of drug-likeness (QED) is 0.135. The van der Waals surface area contributed by atoms with Crippen LogP contribution in [0.5, 0.6) is 0 Å². The number of amides is 3. The number of carbonyl (C=O) groups is 3. The lowest BCUT2D eigenvalue weighted by molar-refractivity contribution is -0.115. The van der Waals surface area contributed by atoms with Crippen molar-refractivity contribution in [3.63, 3.8) is 0 Å². The summed E-state index contributed by atoms with van der Waals surface area (Å²) in [6.45, 7) is 1.71. The summed E-state index contributed by atoms with van der Waals surface area (Å²) in [4.78, 5) is 39.4. The number of rotatable bonds is 9. The zero-order valence-electron chi connectivity index (χ0n) is 21.7. The Morgan fingerprint density at radius 1 is 0.854 bits per heavy atom. The van der Waals surface area contributed by atoms with Gasteiger partial charge in [0.05, 0.1) is 10.9 Å². The van der Waals surface area contributed by atoms with Gasteiger partial charge in [0.1, 0.15) is 11.5 Å². The van der Waals surface area contributed by atoms with Crippen LogP contribution in [0.2, 0.25) is 10.0 Å². The smallest absolute Gasteiger partial charge is 0.272 e. The van der Waals surface area contributed by atoms with Crippen LogP contribution < -0.4 is 16.0 Å². The SMILES string of the molecule is CC(Sc1ccc(NC(=O)/C(=C/c2ccc(Cl)cc2Cl)NC(=O)c2ccccc2)cc1)C(=O)Nc1ccccc1F. The number of halogens is 3. The topological polar surface area (TPSA) is 87.3 Å². The number of para-hydroxylation sites is 1. The molecule has 4 rings (SSSR count). The molecule has 0 radical (unpaired) electrons. The van der Waals surface area contributed by atoms with Crippen molar-refractivity contribution in [3.05, 3.63) is 130 Å². The number of nitrogens with one attached hydrogen (secondary N) is 3. The molecule has 0 heterocycles. The number of hydrogen-bond donors (Lipinski definition) is 3. The van der Waals surface area contributed by atoms with Crippen LogP contribution in [-0.2, 0) is 9.59 Å². The largest absolute Gasteiger partial charge is 0.323 e. The van der Waals surface area contributed by atoms with E-state index in [1.165, 1.54) is 36.0 Å². The number of carbonyl (C=O) groups excluding carboxylic acids is 3. The van der Waals surface area contributed by atoms with E-state index in [0.717, 1.165) is 4.90 Å². The van der Waals surface area contributed by atoms with Crippen molar-refractivity contribution in [2.45, 2.75) is 17.1 Å². The van der Waals surface area contributed by atoms with Crippen LogP contribution in [0.1, 0.15) is 22.8 Å². The Labute approximate surface area is 250 Å². The number of benzene rings is 4. The second kappa shape index (κ2) is 14.0. The highest BCUT2D eigenvalue weighted by atomic mass is 35.5. The lowest BCUT2D eigenvalue weighted by Gasteiger charge is -2.14. The molecule has 1 unspecified atom stereocenters. The lowest BCUT2D eigenvalue weighted by Crippen LogP contribution is -2.30. The fourth-order valence-corrected chi connectivity index (χ4v) is 4.92. The van der Waals surface area contributed by atoms with Crippen molar-refractivity contribution in [2.24, 2.45) is 0 Å². The maximum atomic E-state index is 13.9. The van der Waals surface area contributed by atoms with E-state index in [9.17, 15) is 18.8 Å². The number of thioether (sulfide) groups is 1. The first kappa shape index (κ1) is 29.9. The van der Waals surface area contributed by atoms with Gasteiger partial charge in [-0.05, 0) is 79.2 Å². The molecule has 208 valence electrons. The molecule has 0 aromatic heterocycles. The highest BCUT2D eigenvalue weighted by Gasteiger charge is 2.18. The molecule has 1 atom stereocenters. The molecule has 0 fully saturated rings. The molecule has 0 spiro atoms. The summed E-state index contributed by atoms with van der Waals surface area (Å²) < 4.78 is 13.9. The van der Waals surface area contributed by atoms with Crippen molar-refractivity contribution >= 4 is 70.1 Å². The molecule has 6 nitrogen and oxygen atoms in total. The van der Waals surface area contributed by atoms with Crippen molar-refractivity contribution in [1.29, 1.82) is 0 Å². The van der Waals surface area contributed by atoms with Crippen molar-refractivity contribution < 1.29 is 18.8 Å². The Morgan fingerprint density at radius 3 is 2.22 bits per heavy atom. The lowest BCUT2D eigenvalue weighted by atomic mass is 10.1. The zero-order valence-corrected chi connectivity index (χ0v) is 24.0. The summed E-state index contributed by atoms with van der Waals surface area (Å²) in [5.41, 5.74) is 1.42. The van der Waals surface area contributed by atoms with Crippen LogP contribution in [0.4, 0.5) is 15.8 Å². The summed E-state index contributed by atoms with van der Waals surface area (Å²) in [5.74, 6) is -1.89. The predicted molar refractivity (Wildman–Crippen MR) is 164 cm³/mol. The minimum atomic E-state index is -0.571. The van der Waals surface area contributed by atoms with Gasteiger partial charge in [0, 0.05) is 26.2 Å². The molecule has 3 amide bonds. The highest BCUT2D eigenvalue weighted by Crippen LogP contribution is 2.27. The van der Waals surface area contributed by atoms with Crippen molar-refractivity contribution in [3.8, 4) is 0 Å². The summed E-state index contributed by atoms with van der Waals surface area (Å²) in [6.07, 6.45) is 1.47. The first-order chi connectivity index (χ1) is 19.7. The number of anilines is 2. The van der Waals surface area contributed by atoms with E-state index in [1.54, 1.807) is 85.8 Å². The fraction of sp³-hybridized carbons (Fsp3) is 0.0645. The summed E-state index contributed by atoms with van der Waals surface area (Å²) >= 11 is 13.6. The molecule has 10 heteroatoms. The Balaban J connectivity index is 1.46. The van der Waals surface area contributed by atoms with E-state index < -0.39 is 22.9 Å². The molecule has 4 aromatic rings. The molecule has 0 saturated carbocycles. The van der Waals surface area contributed by atoms with Gasteiger partial charge in [-0.2, -0.15) is 0 Å². The Hall–Kier alpha value is -4.11. The Kier molecular flexibility index (Phi) is 10.2. The molecule has 0 aliphatic carbocycles. The van der Waals surface area contributed by atoms with Crippen LogP contribution in [0.25, 0.3) is 6.08 Å². The van der Waals surface area contributed by atoms with E-state index in [0.29, 0.717) is 26.9 Å². The predicted octanol–water partition coefficient (Wildman–Crippen LogP) is 7.66. The zero-order chi connectivity index (χ0) is 29.4. The highest BCUT2D eigenvalue weighted by molar-refractivity contribution is 8.00. The molecule has 0 saturated heterocycles. The summed E-state index contributed by atoms with van der Waals surface area (Å²) in [7, 11) is 0. The van der Waals surface area contributed by atoms with Gasteiger partial charge in [0.15, 0.2) is 0 Å². The van der Waals surface area contributed by atoms with E-state index in [4.69, 9.17) is 23.2 Å². The first-order valence-electron chi connectivity index (χ1n) is 12.4. The van der Waals surface area contributed by atoms with E-state index in [1.807, 2.05) is 0 Å². The maximum Gasteiger partial charge on any atom is 0.272 e. The van der Waals surface area contributed by atoms with Crippen LogP contribution in [0.3, 0.4) is 0 Å². The van der Waals surface area contributed by atoms with Crippen LogP contribution in [-0.4, -0.2) is 23.0 Å². The van der Waals surface area contributed by atoms with Crippen molar-refractivity contribution in [2.75, 3.05) is 10.6 Å². The third kappa shape index (κ3) is 8.44. The maximum absolute atomic E-state index is 13.9. The minimum absolute atomic E-state index is 0.0278. The second-order valence-corrected chi connectivity index (χ2v) is 11.0. The third-order valence-electron chi connectivity index (χ3n) is 5.72. The van der Waals surface area contributed by atoms with Crippen LogP contribution in [0, 0.1) is 5.82 Å². The molecular formula is C31H24Cl2FN3O3S. The fourth-order valence-electron chi connectivity index (χ4n) is 3.59. The molecule has 0 aliphatic rings. The van der Waals surface area contributed by atoms with E-state index in [2.05, 4.69) is 16.0 Å². The normalized spacial score (nSPS) is 11.9. The van der Waals surface area contributed by atoms with Gasteiger partial charge in [-0.15, -0.1) is 11.8 Å². The molecule has 0 aliphatic heterocycles. The average Bonchev–Trinajstić information content (AvgIpc) is 2.96. The Morgan fingerprint density at radius 2 is 1.54 bits per heavy atom. The summed E-state index contributed by atoms with van der Waals surface area (Å²) in [6, 6.07) is 26.1. The molecule has 4 aromatic carbocycles. The van der Waals surface area contributed by atoms with Gasteiger partial charge in [-0.3, -0.25) is 14.4 Å². The van der Waals surface area contributed by atoms with Gasteiger partial charge in [-0.25, -0.2) is 4.39 Å². The van der Waals surface area contributed by atoms with Gasteiger partial charge in [-0.1, -0.05) is 59.6 Å². The van der Waals surface area contributed by atoms with E-state index >= 15 is 0 Å². The van der Waals surface area contributed by atoms with E-state index in [-0.39, 0.29) is 17.3 Å². The van der Waals surface area contributed by atoms with Gasteiger partial charge in [0.25, 0.3) is 11.8 Å². The third-order valence-corrected chi connectivity index (χ3v) is 7.39. The number of hydrogen-bond acceptors (Lipinski definition) is 4. The monoisotopic (exact) mass is 607 g/mol. The Bertz CT molecular complexity index is 1600. The average molecular weight is 609 g/mol.